The number of rotatable bonds is 4. The Balaban J connectivity index is 1.84. The van der Waals surface area contributed by atoms with Gasteiger partial charge in [0.1, 0.15) is 5.82 Å². The van der Waals surface area contributed by atoms with Gasteiger partial charge in [0, 0.05) is 6.54 Å². The SMILES string of the molecule is Cc1ccc(CS(=O)(=O)N2CC(c3ccc(F)cc3)OCC2(C)C)cc1. The third-order valence-electron chi connectivity index (χ3n) is 4.69. The van der Waals surface area contributed by atoms with E-state index in [4.69, 9.17) is 4.74 Å². The number of benzene rings is 2. The lowest BCUT2D eigenvalue weighted by molar-refractivity contribution is -0.0656. The van der Waals surface area contributed by atoms with Gasteiger partial charge >= 0.3 is 0 Å². The van der Waals surface area contributed by atoms with Crippen LogP contribution < -0.4 is 0 Å². The molecule has 2 aromatic rings. The number of aryl methyl sites for hydroxylation is 1. The van der Waals surface area contributed by atoms with E-state index in [0.717, 1.165) is 16.7 Å². The second-order valence-electron chi connectivity index (χ2n) is 7.44. The smallest absolute Gasteiger partial charge is 0.218 e. The number of hydrogen-bond acceptors (Lipinski definition) is 3. The zero-order valence-electron chi connectivity index (χ0n) is 15.3. The predicted molar refractivity (Wildman–Crippen MR) is 99.7 cm³/mol. The second kappa shape index (κ2) is 7.10. The fraction of sp³-hybridized carbons (Fsp3) is 0.400. The summed E-state index contributed by atoms with van der Waals surface area (Å²) in [5.41, 5.74) is 1.99. The van der Waals surface area contributed by atoms with Crippen LogP contribution in [0.4, 0.5) is 4.39 Å². The molecule has 140 valence electrons. The standard InChI is InChI=1S/C20H24FNO3S/c1-15-4-6-16(7-5-15)13-26(23,24)22-12-19(25-14-20(22,2)3)17-8-10-18(21)11-9-17/h4-11,19H,12-14H2,1-3H3. The number of halogens is 1. The van der Waals surface area contributed by atoms with E-state index in [1.54, 1.807) is 12.1 Å². The lowest BCUT2D eigenvalue weighted by Crippen LogP contribution is -2.56. The molecule has 6 heteroatoms. The Morgan fingerprint density at radius 3 is 2.35 bits per heavy atom. The average Bonchev–Trinajstić information content (AvgIpc) is 2.57. The van der Waals surface area contributed by atoms with Crippen molar-refractivity contribution in [2.45, 2.75) is 38.2 Å². The summed E-state index contributed by atoms with van der Waals surface area (Å²) in [6, 6.07) is 13.5. The number of ether oxygens (including phenoxy) is 1. The zero-order valence-corrected chi connectivity index (χ0v) is 16.1. The normalized spacial score (nSPS) is 20.8. The first-order chi connectivity index (χ1) is 12.2. The molecule has 0 N–H and O–H groups in total. The van der Waals surface area contributed by atoms with E-state index < -0.39 is 21.7 Å². The predicted octanol–water partition coefficient (Wildman–Crippen LogP) is 3.82. The summed E-state index contributed by atoms with van der Waals surface area (Å²) < 4.78 is 46.8. The summed E-state index contributed by atoms with van der Waals surface area (Å²) in [6.07, 6.45) is -0.406. The Hall–Kier alpha value is -1.76. The van der Waals surface area contributed by atoms with Crippen LogP contribution in [0.2, 0.25) is 0 Å². The van der Waals surface area contributed by atoms with Gasteiger partial charge in [-0.05, 0) is 44.0 Å². The van der Waals surface area contributed by atoms with Gasteiger partial charge in [0.25, 0.3) is 0 Å². The molecule has 1 atom stereocenters. The molecular formula is C20H24FNO3S. The molecule has 0 bridgehead atoms. The number of nitrogens with zero attached hydrogens (tertiary/aromatic N) is 1. The van der Waals surface area contributed by atoms with Gasteiger partial charge in [0.2, 0.25) is 10.0 Å². The molecule has 1 fully saturated rings. The highest BCUT2D eigenvalue weighted by Gasteiger charge is 2.42. The van der Waals surface area contributed by atoms with Crippen molar-refractivity contribution in [3.05, 3.63) is 71.0 Å². The van der Waals surface area contributed by atoms with Gasteiger partial charge in [-0.1, -0.05) is 42.0 Å². The first-order valence-electron chi connectivity index (χ1n) is 8.60. The van der Waals surface area contributed by atoms with Crippen LogP contribution in [-0.4, -0.2) is 31.4 Å². The van der Waals surface area contributed by atoms with E-state index in [-0.39, 0.29) is 24.7 Å². The van der Waals surface area contributed by atoms with Crippen molar-refractivity contribution in [2.75, 3.05) is 13.2 Å². The number of hydrogen-bond donors (Lipinski definition) is 0. The molecule has 26 heavy (non-hydrogen) atoms. The maximum absolute atomic E-state index is 13.2. The molecule has 0 spiro atoms. The first-order valence-corrected chi connectivity index (χ1v) is 10.2. The zero-order chi connectivity index (χ0) is 18.9. The van der Waals surface area contributed by atoms with Crippen molar-refractivity contribution in [3.63, 3.8) is 0 Å². The minimum Gasteiger partial charge on any atom is -0.370 e. The van der Waals surface area contributed by atoms with Gasteiger partial charge in [0.05, 0.1) is 24.0 Å². The van der Waals surface area contributed by atoms with Gasteiger partial charge in [-0.3, -0.25) is 0 Å². The van der Waals surface area contributed by atoms with Gasteiger partial charge in [-0.15, -0.1) is 0 Å². The van der Waals surface area contributed by atoms with Crippen molar-refractivity contribution in [3.8, 4) is 0 Å². The number of sulfonamides is 1. The third-order valence-corrected chi connectivity index (χ3v) is 6.70. The van der Waals surface area contributed by atoms with E-state index >= 15 is 0 Å². The quantitative estimate of drug-likeness (QED) is 0.814. The summed E-state index contributed by atoms with van der Waals surface area (Å²) in [6.45, 7) is 6.19. The lowest BCUT2D eigenvalue weighted by Gasteiger charge is -2.44. The van der Waals surface area contributed by atoms with E-state index in [1.807, 2.05) is 45.0 Å². The van der Waals surface area contributed by atoms with Gasteiger partial charge in [-0.25, -0.2) is 12.8 Å². The van der Waals surface area contributed by atoms with Gasteiger partial charge in [0.15, 0.2) is 0 Å². The Morgan fingerprint density at radius 1 is 1.12 bits per heavy atom. The van der Waals surface area contributed by atoms with Crippen molar-refractivity contribution >= 4 is 10.0 Å². The van der Waals surface area contributed by atoms with E-state index in [2.05, 4.69) is 0 Å². The van der Waals surface area contributed by atoms with E-state index in [0.29, 0.717) is 0 Å². The van der Waals surface area contributed by atoms with Crippen molar-refractivity contribution in [2.24, 2.45) is 0 Å². The van der Waals surface area contributed by atoms with Crippen LogP contribution in [-0.2, 0) is 20.5 Å². The van der Waals surface area contributed by atoms with Crippen LogP contribution in [0.25, 0.3) is 0 Å². The molecule has 0 radical (unpaired) electrons. The van der Waals surface area contributed by atoms with Crippen LogP contribution in [0.5, 0.6) is 0 Å². The highest BCUT2D eigenvalue weighted by Crippen LogP contribution is 2.33. The molecule has 0 aromatic heterocycles. The third kappa shape index (κ3) is 4.14. The molecule has 1 aliphatic rings. The van der Waals surface area contributed by atoms with Crippen LogP contribution in [0, 0.1) is 12.7 Å². The maximum Gasteiger partial charge on any atom is 0.218 e. The molecule has 4 nitrogen and oxygen atoms in total. The average molecular weight is 377 g/mol. The molecule has 0 amide bonds. The Kier molecular flexibility index (Phi) is 5.19. The van der Waals surface area contributed by atoms with Crippen LogP contribution in [0.15, 0.2) is 48.5 Å². The van der Waals surface area contributed by atoms with Crippen LogP contribution in [0.1, 0.15) is 36.6 Å². The molecule has 1 aliphatic heterocycles. The Bertz CT molecular complexity index is 861. The Labute approximate surface area is 154 Å². The minimum atomic E-state index is -3.53. The van der Waals surface area contributed by atoms with Crippen LogP contribution >= 0.6 is 0 Å². The Morgan fingerprint density at radius 2 is 1.73 bits per heavy atom. The summed E-state index contributed by atoms with van der Waals surface area (Å²) in [4.78, 5) is 0. The monoisotopic (exact) mass is 377 g/mol. The molecule has 0 aliphatic carbocycles. The van der Waals surface area contributed by atoms with Crippen molar-refractivity contribution in [1.29, 1.82) is 0 Å². The first kappa shape index (κ1) is 19.0. The summed E-state index contributed by atoms with van der Waals surface area (Å²) >= 11 is 0. The topological polar surface area (TPSA) is 46.6 Å². The summed E-state index contributed by atoms with van der Waals surface area (Å²) in [5.74, 6) is -0.374. The van der Waals surface area contributed by atoms with Crippen LogP contribution in [0.3, 0.4) is 0 Å². The molecule has 1 saturated heterocycles. The minimum absolute atomic E-state index is 0.0488. The highest BCUT2D eigenvalue weighted by atomic mass is 32.2. The van der Waals surface area contributed by atoms with E-state index in [1.165, 1.54) is 16.4 Å². The highest BCUT2D eigenvalue weighted by molar-refractivity contribution is 7.88. The molecule has 1 heterocycles. The van der Waals surface area contributed by atoms with Crippen molar-refractivity contribution < 1.29 is 17.5 Å². The summed E-state index contributed by atoms with van der Waals surface area (Å²) in [7, 11) is -3.53. The van der Waals surface area contributed by atoms with E-state index in [9.17, 15) is 12.8 Å². The number of morpholine rings is 1. The fourth-order valence-electron chi connectivity index (χ4n) is 3.17. The molecule has 2 aromatic carbocycles. The summed E-state index contributed by atoms with van der Waals surface area (Å²) in [5, 5.41) is 0. The molecule has 0 saturated carbocycles. The molecular weight excluding hydrogens is 353 g/mol. The lowest BCUT2D eigenvalue weighted by atomic mass is 10.0. The fourth-order valence-corrected chi connectivity index (χ4v) is 5.11. The van der Waals surface area contributed by atoms with Crippen molar-refractivity contribution in [1.82, 2.24) is 4.31 Å². The molecule has 3 rings (SSSR count). The van der Waals surface area contributed by atoms with Gasteiger partial charge in [-0.2, -0.15) is 4.31 Å². The maximum atomic E-state index is 13.2. The molecule has 1 unspecified atom stereocenters. The largest absolute Gasteiger partial charge is 0.370 e. The second-order valence-corrected chi connectivity index (χ2v) is 9.33. The van der Waals surface area contributed by atoms with Gasteiger partial charge < -0.3 is 4.74 Å².